The Balaban J connectivity index is 1.90. The van der Waals surface area contributed by atoms with Gasteiger partial charge in [-0.15, -0.1) is 0 Å². The number of nitriles is 1. The van der Waals surface area contributed by atoms with Gasteiger partial charge < -0.3 is 14.1 Å². The summed E-state index contributed by atoms with van der Waals surface area (Å²) in [6, 6.07) is 8.47. The highest BCUT2D eigenvalue weighted by Crippen LogP contribution is 2.31. The van der Waals surface area contributed by atoms with Gasteiger partial charge in [0.2, 0.25) is 27.5 Å². The summed E-state index contributed by atoms with van der Waals surface area (Å²) in [5, 5.41) is 9.49. The molecule has 3 rings (SSSR count). The predicted molar refractivity (Wildman–Crippen MR) is 109 cm³/mol. The van der Waals surface area contributed by atoms with Crippen LogP contribution < -0.4 is 4.90 Å². The number of morpholine rings is 1. The Morgan fingerprint density at radius 3 is 2.28 bits per heavy atom. The zero-order valence-corrected chi connectivity index (χ0v) is 17.9. The average molecular weight is 419 g/mol. The van der Waals surface area contributed by atoms with Crippen molar-refractivity contribution in [3.8, 4) is 17.5 Å². The lowest BCUT2D eigenvalue weighted by atomic mass is 10.2. The maximum absolute atomic E-state index is 12.6. The fourth-order valence-corrected chi connectivity index (χ4v) is 5.01. The molecule has 1 aromatic heterocycles. The largest absolute Gasteiger partial charge is 0.419 e. The van der Waals surface area contributed by atoms with Gasteiger partial charge in [-0.25, -0.2) is 8.42 Å². The van der Waals surface area contributed by atoms with E-state index in [1.54, 1.807) is 26.0 Å². The molecular formula is C20H26N4O4S. The van der Waals surface area contributed by atoms with E-state index < -0.39 is 10.0 Å². The first kappa shape index (κ1) is 21.3. The first-order valence-electron chi connectivity index (χ1n) is 9.72. The average Bonchev–Trinajstić information content (AvgIpc) is 3.12. The van der Waals surface area contributed by atoms with E-state index in [4.69, 9.17) is 9.15 Å². The van der Waals surface area contributed by atoms with Crippen molar-refractivity contribution >= 4 is 15.9 Å². The zero-order valence-electron chi connectivity index (χ0n) is 17.1. The zero-order chi connectivity index (χ0) is 21.2. The number of ether oxygens (including phenoxy) is 1. The SMILES string of the molecule is CCN(CC)S(=O)(=O)c1ccc(-c2nc(C#N)c(N3CC(C)OC(C)C3)o2)cc1. The van der Waals surface area contributed by atoms with Crippen LogP contribution in [0.3, 0.4) is 0 Å². The predicted octanol–water partition coefficient (Wildman–Crippen LogP) is 2.86. The third kappa shape index (κ3) is 4.29. The van der Waals surface area contributed by atoms with Crippen molar-refractivity contribution in [3.63, 3.8) is 0 Å². The molecule has 0 aliphatic carbocycles. The van der Waals surface area contributed by atoms with Gasteiger partial charge in [0.05, 0.1) is 17.1 Å². The summed E-state index contributed by atoms with van der Waals surface area (Å²) in [6.45, 7) is 9.59. The topological polar surface area (TPSA) is 99.7 Å². The summed E-state index contributed by atoms with van der Waals surface area (Å²) in [7, 11) is -3.53. The normalized spacial score (nSPS) is 20.1. The summed E-state index contributed by atoms with van der Waals surface area (Å²) in [6.07, 6.45) is 0.0341. The number of rotatable bonds is 6. The second-order valence-corrected chi connectivity index (χ2v) is 9.00. The van der Waals surface area contributed by atoms with Gasteiger partial charge in [0.25, 0.3) is 0 Å². The molecule has 2 unspecified atom stereocenters. The van der Waals surface area contributed by atoms with Crippen molar-refractivity contribution < 1.29 is 17.6 Å². The Morgan fingerprint density at radius 1 is 1.17 bits per heavy atom. The monoisotopic (exact) mass is 418 g/mol. The first-order chi connectivity index (χ1) is 13.8. The second kappa shape index (κ2) is 8.53. The molecule has 29 heavy (non-hydrogen) atoms. The van der Waals surface area contributed by atoms with Crippen LogP contribution in [-0.2, 0) is 14.8 Å². The van der Waals surface area contributed by atoms with Crippen molar-refractivity contribution in [2.24, 2.45) is 0 Å². The van der Waals surface area contributed by atoms with Gasteiger partial charge in [-0.05, 0) is 38.1 Å². The Kier molecular flexibility index (Phi) is 6.27. The van der Waals surface area contributed by atoms with Crippen molar-refractivity contribution in [3.05, 3.63) is 30.0 Å². The minimum atomic E-state index is -3.53. The van der Waals surface area contributed by atoms with Gasteiger partial charge in [0.15, 0.2) is 0 Å². The van der Waals surface area contributed by atoms with Crippen LogP contribution in [0, 0.1) is 11.3 Å². The Hall–Kier alpha value is -2.41. The quantitative estimate of drug-likeness (QED) is 0.711. The molecule has 2 heterocycles. The highest BCUT2D eigenvalue weighted by Gasteiger charge is 2.28. The third-order valence-electron chi connectivity index (χ3n) is 4.87. The van der Waals surface area contributed by atoms with E-state index >= 15 is 0 Å². The molecule has 0 spiro atoms. The Bertz CT molecular complexity index is 980. The second-order valence-electron chi connectivity index (χ2n) is 7.06. The smallest absolute Gasteiger partial charge is 0.243 e. The number of hydrogen-bond acceptors (Lipinski definition) is 7. The summed E-state index contributed by atoms with van der Waals surface area (Å²) < 4.78 is 38.3. The van der Waals surface area contributed by atoms with Gasteiger partial charge in [0.1, 0.15) is 6.07 Å². The molecule has 8 nitrogen and oxygen atoms in total. The lowest BCUT2D eigenvalue weighted by Crippen LogP contribution is -2.45. The van der Waals surface area contributed by atoms with Gasteiger partial charge in [-0.2, -0.15) is 14.6 Å². The molecule has 1 fully saturated rings. The molecule has 2 atom stereocenters. The van der Waals surface area contributed by atoms with E-state index in [0.717, 1.165) is 0 Å². The van der Waals surface area contributed by atoms with Crippen LogP contribution in [0.2, 0.25) is 0 Å². The molecule has 0 bridgehead atoms. The third-order valence-corrected chi connectivity index (χ3v) is 6.93. The van der Waals surface area contributed by atoms with E-state index in [0.29, 0.717) is 37.6 Å². The van der Waals surface area contributed by atoms with E-state index in [-0.39, 0.29) is 28.7 Å². The minimum Gasteiger partial charge on any atom is -0.419 e. The van der Waals surface area contributed by atoms with Crippen LogP contribution >= 0.6 is 0 Å². The van der Waals surface area contributed by atoms with Crippen molar-refractivity contribution in [2.45, 2.75) is 44.8 Å². The Morgan fingerprint density at radius 2 is 1.76 bits per heavy atom. The number of oxazole rings is 1. The number of nitrogens with zero attached hydrogens (tertiary/aromatic N) is 4. The van der Waals surface area contributed by atoms with Crippen LogP contribution in [0.1, 0.15) is 33.4 Å². The molecule has 0 radical (unpaired) electrons. The van der Waals surface area contributed by atoms with Crippen molar-refractivity contribution in [1.82, 2.24) is 9.29 Å². The summed E-state index contributed by atoms with van der Waals surface area (Å²) in [5.41, 5.74) is 0.821. The molecule has 1 aromatic carbocycles. The fraction of sp³-hybridized carbons (Fsp3) is 0.500. The summed E-state index contributed by atoms with van der Waals surface area (Å²) in [4.78, 5) is 6.49. The molecule has 1 aliphatic heterocycles. The van der Waals surface area contributed by atoms with E-state index in [2.05, 4.69) is 11.1 Å². The highest BCUT2D eigenvalue weighted by atomic mass is 32.2. The van der Waals surface area contributed by atoms with Gasteiger partial charge in [-0.3, -0.25) is 0 Å². The van der Waals surface area contributed by atoms with Crippen molar-refractivity contribution in [2.75, 3.05) is 31.1 Å². The fourth-order valence-electron chi connectivity index (χ4n) is 3.55. The van der Waals surface area contributed by atoms with E-state index in [9.17, 15) is 13.7 Å². The summed E-state index contributed by atoms with van der Waals surface area (Å²) >= 11 is 0. The Labute approximate surface area is 171 Å². The maximum Gasteiger partial charge on any atom is 0.243 e. The lowest BCUT2D eigenvalue weighted by Gasteiger charge is -2.34. The number of sulfonamides is 1. The van der Waals surface area contributed by atoms with Crippen LogP contribution in [0.4, 0.5) is 5.88 Å². The lowest BCUT2D eigenvalue weighted by molar-refractivity contribution is -0.00638. The molecule has 0 N–H and O–H groups in total. The standard InChI is InChI=1S/C20H26N4O4S/c1-5-24(6-2)29(25,26)17-9-7-16(8-10-17)19-22-18(11-21)20(28-19)23-12-14(3)27-15(4)13-23/h7-10,14-15H,5-6,12-13H2,1-4H3. The molecule has 1 aliphatic rings. The summed E-state index contributed by atoms with van der Waals surface area (Å²) in [5.74, 6) is 0.708. The number of benzene rings is 1. The molecule has 156 valence electrons. The first-order valence-corrected chi connectivity index (χ1v) is 11.2. The van der Waals surface area contributed by atoms with Gasteiger partial charge >= 0.3 is 0 Å². The molecule has 1 saturated heterocycles. The minimum absolute atomic E-state index is 0.0170. The highest BCUT2D eigenvalue weighted by molar-refractivity contribution is 7.89. The van der Waals surface area contributed by atoms with Gasteiger partial charge in [-0.1, -0.05) is 13.8 Å². The number of anilines is 1. The maximum atomic E-state index is 12.6. The molecule has 2 aromatic rings. The van der Waals surface area contributed by atoms with Crippen LogP contribution in [0.15, 0.2) is 33.6 Å². The van der Waals surface area contributed by atoms with Crippen LogP contribution in [0.5, 0.6) is 0 Å². The molecular weight excluding hydrogens is 392 g/mol. The van der Waals surface area contributed by atoms with Crippen molar-refractivity contribution in [1.29, 1.82) is 5.26 Å². The molecule has 9 heteroatoms. The number of aromatic nitrogens is 1. The van der Waals surface area contributed by atoms with Gasteiger partial charge in [0, 0.05) is 31.7 Å². The van der Waals surface area contributed by atoms with E-state index in [1.165, 1.54) is 16.4 Å². The van der Waals surface area contributed by atoms with Crippen LogP contribution in [-0.4, -0.2) is 56.1 Å². The molecule has 0 saturated carbocycles. The number of hydrogen-bond donors (Lipinski definition) is 0. The van der Waals surface area contributed by atoms with Crippen LogP contribution in [0.25, 0.3) is 11.5 Å². The van der Waals surface area contributed by atoms with E-state index in [1.807, 2.05) is 18.7 Å². The molecule has 0 amide bonds.